The second-order valence-corrected chi connectivity index (χ2v) is 7.91. The van der Waals surface area contributed by atoms with Crippen LogP contribution in [0.1, 0.15) is 6.23 Å². The molecular formula is C18H18IN6O4. The van der Waals surface area contributed by atoms with Crippen molar-refractivity contribution in [3.63, 3.8) is 0 Å². The number of imidazole rings is 1. The van der Waals surface area contributed by atoms with Crippen LogP contribution in [0.3, 0.4) is 0 Å². The lowest BCUT2D eigenvalue weighted by Gasteiger charge is -2.21. The Morgan fingerprint density at radius 2 is 2.00 bits per heavy atom. The SMILES string of the molecule is CN(c1cccc(I)c1)c1ncnc2c1ncn2[C@@H]1O[C@H](N(C)[C]=O)[C@@H](O)[C@H]1O. The van der Waals surface area contributed by atoms with E-state index >= 15 is 0 Å². The molecule has 1 aliphatic heterocycles. The van der Waals surface area contributed by atoms with Crippen LogP contribution < -0.4 is 4.90 Å². The van der Waals surface area contributed by atoms with Gasteiger partial charge in [0, 0.05) is 23.4 Å². The van der Waals surface area contributed by atoms with E-state index in [2.05, 4.69) is 37.5 Å². The fourth-order valence-electron chi connectivity index (χ4n) is 3.32. The predicted molar refractivity (Wildman–Crippen MR) is 112 cm³/mol. The number of rotatable bonds is 5. The molecular weight excluding hydrogens is 491 g/mol. The first-order chi connectivity index (χ1) is 13.9. The Morgan fingerprint density at radius 3 is 2.72 bits per heavy atom. The number of amides is 1. The van der Waals surface area contributed by atoms with E-state index in [-0.39, 0.29) is 0 Å². The number of benzene rings is 1. The smallest absolute Gasteiger partial charge is 0.314 e. The number of hydrogen-bond acceptors (Lipinski definition) is 8. The molecule has 29 heavy (non-hydrogen) atoms. The number of anilines is 2. The summed E-state index contributed by atoms with van der Waals surface area (Å²) in [4.78, 5) is 26.9. The molecule has 1 radical (unpaired) electrons. The third-order valence-electron chi connectivity index (χ3n) is 4.87. The number of likely N-dealkylation sites (N-methyl/N-ethyl adjacent to an activating group) is 1. The molecule has 4 atom stereocenters. The van der Waals surface area contributed by atoms with Crippen molar-refractivity contribution in [3.8, 4) is 0 Å². The lowest BCUT2D eigenvalue weighted by Crippen LogP contribution is -2.41. The largest absolute Gasteiger partial charge is 0.385 e. The Hall–Kier alpha value is -2.35. The van der Waals surface area contributed by atoms with Crippen molar-refractivity contribution in [2.75, 3.05) is 19.0 Å². The second-order valence-electron chi connectivity index (χ2n) is 6.66. The van der Waals surface area contributed by atoms with Gasteiger partial charge in [0.25, 0.3) is 0 Å². The highest BCUT2D eigenvalue weighted by molar-refractivity contribution is 14.1. The molecule has 3 aromatic rings. The number of nitrogens with zero attached hydrogens (tertiary/aromatic N) is 6. The van der Waals surface area contributed by atoms with Crippen LogP contribution in [0.2, 0.25) is 0 Å². The number of aromatic nitrogens is 4. The minimum absolute atomic E-state index is 0.433. The van der Waals surface area contributed by atoms with E-state index in [1.54, 1.807) is 6.41 Å². The van der Waals surface area contributed by atoms with Gasteiger partial charge in [0.2, 0.25) is 0 Å². The van der Waals surface area contributed by atoms with Crippen molar-refractivity contribution in [1.29, 1.82) is 0 Å². The maximum Gasteiger partial charge on any atom is 0.314 e. The first-order valence-corrected chi connectivity index (χ1v) is 9.79. The monoisotopic (exact) mass is 509 g/mol. The normalized spacial score (nSPS) is 24.0. The number of aliphatic hydroxyl groups excluding tert-OH is 2. The number of halogens is 1. The number of aliphatic hydroxyl groups is 2. The van der Waals surface area contributed by atoms with Gasteiger partial charge >= 0.3 is 6.41 Å². The standard InChI is InChI=1S/C18H18IN6O4/c1-23(9-26)17-13(27)14(28)18(29-17)25-8-22-12-15(20-7-21-16(12)25)24(2)11-5-3-4-10(19)6-11/h3-8,13-14,17-18,27-28H,1-2H3/t13-,14+,17-,18+/m0/s1. The van der Waals surface area contributed by atoms with Crippen LogP contribution in [-0.2, 0) is 9.53 Å². The number of fused-ring (bicyclic) bond motifs is 1. The second kappa shape index (κ2) is 7.82. The highest BCUT2D eigenvalue weighted by Crippen LogP contribution is 2.34. The first kappa shape index (κ1) is 19.9. The van der Waals surface area contributed by atoms with Crippen molar-refractivity contribution in [2.24, 2.45) is 0 Å². The van der Waals surface area contributed by atoms with Crippen LogP contribution in [0, 0.1) is 3.57 Å². The molecule has 11 heteroatoms. The van der Waals surface area contributed by atoms with Crippen molar-refractivity contribution < 1.29 is 19.7 Å². The third kappa shape index (κ3) is 3.43. The van der Waals surface area contributed by atoms with E-state index in [1.165, 1.54) is 24.3 Å². The van der Waals surface area contributed by atoms with Crippen LogP contribution in [0.15, 0.2) is 36.9 Å². The minimum Gasteiger partial charge on any atom is -0.385 e. The zero-order valence-corrected chi connectivity index (χ0v) is 17.7. The maximum atomic E-state index is 10.9. The first-order valence-electron chi connectivity index (χ1n) is 8.71. The Morgan fingerprint density at radius 1 is 1.21 bits per heavy atom. The summed E-state index contributed by atoms with van der Waals surface area (Å²) in [6, 6.07) is 7.93. The highest BCUT2D eigenvalue weighted by Gasteiger charge is 2.46. The van der Waals surface area contributed by atoms with Crippen molar-refractivity contribution >= 4 is 51.7 Å². The Kier molecular flexibility index (Phi) is 5.38. The van der Waals surface area contributed by atoms with Crippen LogP contribution >= 0.6 is 22.6 Å². The molecule has 0 bridgehead atoms. The molecule has 1 amide bonds. The quantitative estimate of drug-likeness (QED) is 0.383. The fourth-order valence-corrected chi connectivity index (χ4v) is 3.85. The van der Waals surface area contributed by atoms with E-state index in [1.807, 2.05) is 36.2 Å². The van der Waals surface area contributed by atoms with Crippen LogP contribution in [0.5, 0.6) is 0 Å². The van der Waals surface area contributed by atoms with E-state index in [9.17, 15) is 15.0 Å². The van der Waals surface area contributed by atoms with Gasteiger partial charge in [-0.15, -0.1) is 0 Å². The summed E-state index contributed by atoms with van der Waals surface area (Å²) in [5, 5.41) is 20.7. The average Bonchev–Trinajstić information content (AvgIpc) is 3.28. The third-order valence-corrected chi connectivity index (χ3v) is 5.54. The molecule has 0 spiro atoms. The van der Waals surface area contributed by atoms with Crippen LogP contribution in [-0.4, -0.2) is 73.6 Å². The lowest BCUT2D eigenvalue weighted by molar-refractivity contribution is -0.0753. The molecule has 151 valence electrons. The van der Waals surface area contributed by atoms with Crippen molar-refractivity contribution in [2.45, 2.75) is 24.7 Å². The zero-order chi connectivity index (χ0) is 20.7. The van der Waals surface area contributed by atoms with Gasteiger partial charge in [0.05, 0.1) is 6.33 Å². The average molecular weight is 509 g/mol. The summed E-state index contributed by atoms with van der Waals surface area (Å²) in [5.74, 6) is 0.582. The molecule has 1 aromatic carbocycles. The zero-order valence-electron chi connectivity index (χ0n) is 15.5. The molecule has 1 saturated heterocycles. The van der Waals surface area contributed by atoms with E-state index in [0.717, 1.165) is 14.2 Å². The Balaban J connectivity index is 1.72. The molecule has 0 saturated carbocycles. The fraction of sp³-hybridized carbons (Fsp3) is 0.333. The number of ether oxygens (including phenoxy) is 1. The van der Waals surface area contributed by atoms with Gasteiger partial charge in [0.1, 0.15) is 18.5 Å². The van der Waals surface area contributed by atoms with Gasteiger partial charge in [-0.1, -0.05) is 6.07 Å². The summed E-state index contributed by atoms with van der Waals surface area (Å²) in [5.41, 5.74) is 1.88. The van der Waals surface area contributed by atoms with E-state index in [4.69, 9.17) is 4.74 Å². The van der Waals surface area contributed by atoms with Gasteiger partial charge in [-0.05, 0) is 40.8 Å². The van der Waals surface area contributed by atoms with Gasteiger partial charge in [0.15, 0.2) is 29.4 Å². The topological polar surface area (TPSA) is 117 Å². The molecule has 3 heterocycles. The molecule has 1 aliphatic rings. The van der Waals surface area contributed by atoms with Gasteiger partial charge in [-0.3, -0.25) is 9.36 Å². The van der Waals surface area contributed by atoms with Crippen LogP contribution in [0.4, 0.5) is 11.5 Å². The molecule has 0 aliphatic carbocycles. The summed E-state index contributed by atoms with van der Waals surface area (Å²) in [7, 11) is 3.29. The summed E-state index contributed by atoms with van der Waals surface area (Å²) in [6.45, 7) is 0. The lowest BCUT2D eigenvalue weighted by atomic mass is 10.2. The predicted octanol–water partition coefficient (Wildman–Crippen LogP) is 0.774. The minimum atomic E-state index is -1.29. The van der Waals surface area contributed by atoms with Crippen molar-refractivity contribution in [1.82, 2.24) is 24.4 Å². The van der Waals surface area contributed by atoms with Crippen LogP contribution in [0.25, 0.3) is 11.2 Å². The van der Waals surface area contributed by atoms with Gasteiger partial charge in [-0.2, -0.15) is 0 Å². The summed E-state index contributed by atoms with van der Waals surface area (Å²) < 4.78 is 8.31. The number of carbonyl (C=O) groups excluding carboxylic acids is 1. The highest BCUT2D eigenvalue weighted by atomic mass is 127. The summed E-state index contributed by atoms with van der Waals surface area (Å²) in [6.07, 6.45) is -0.0565. The molecule has 0 unspecified atom stereocenters. The van der Waals surface area contributed by atoms with E-state index in [0.29, 0.717) is 17.0 Å². The molecule has 1 fully saturated rings. The molecule has 2 N–H and O–H groups in total. The van der Waals surface area contributed by atoms with Gasteiger partial charge in [-0.25, -0.2) is 15.0 Å². The molecule has 4 rings (SSSR count). The summed E-state index contributed by atoms with van der Waals surface area (Å²) >= 11 is 2.24. The van der Waals surface area contributed by atoms with E-state index < -0.39 is 24.7 Å². The van der Waals surface area contributed by atoms with Crippen molar-refractivity contribution in [3.05, 3.63) is 40.5 Å². The molecule has 10 nitrogen and oxygen atoms in total. The Bertz CT molecular complexity index is 1050. The number of hydrogen-bond donors (Lipinski definition) is 2. The van der Waals surface area contributed by atoms with Gasteiger partial charge < -0.3 is 24.7 Å². The maximum absolute atomic E-state index is 10.9. The molecule has 2 aromatic heterocycles. The Labute approximate surface area is 179 Å².